The number of rotatable bonds is 2. The molecule has 3 heterocycles. The van der Waals surface area contributed by atoms with Gasteiger partial charge in [0.25, 0.3) is 5.91 Å². The molecule has 0 spiro atoms. The van der Waals surface area contributed by atoms with Gasteiger partial charge in [-0.3, -0.25) is 9.00 Å². The van der Waals surface area contributed by atoms with E-state index in [9.17, 15) is 13.8 Å². The normalized spacial score (nSPS) is 30.9. The van der Waals surface area contributed by atoms with Gasteiger partial charge in [-0.25, -0.2) is 4.79 Å². The second-order valence-corrected chi connectivity index (χ2v) is 15.4. The van der Waals surface area contributed by atoms with Crippen molar-refractivity contribution in [1.29, 1.82) is 0 Å². The fourth-order valence-electron chi connectivity index (χ4n) is 7.19. The van der Waals surface area contributed by atoms with E-state index in [2.05, 4.69) is 38.9 Å². The van der Waals surface area contributed by atoms with E-state index in [1.165, 1.54) is 17.5 Å². The minimum atomic E-state index is -2.47. The molecule has 2 aromatic carbocycles. The van der Waals surface area contributed by atoms with Crippen molar-refractivity contribution in [2.45, 2.75) is 82.9 Å². The molecule has 1 saturated carbocycles. The molecule has 0 radical (unpaired) electrons. The Labute approximate surface area is 285 Å². The van der Waals surface area contributed by atoms with Crippen molar-refractivity contribution in [2.24, 2.45) is 22.1 Å². The molecule has 47 heavy (non-hydrogen) atoms. The van der Waals surface area contributed by atoms with E-state index in [0.29, 0.717) is 43.5 Å². The summed E-state index contributed by atoms with van der Waals surface area (Å²) in [7, 11) is -0.832. The lowest BCUT2D eigenvalue weighted by Crippen LogP contribution is -2.64. The third-order valence-corrected chi connectivity index (χ3v) is 12.3. The van der Waals surface area contributed by atoms with Gasteiger partial charge in [-0.2, -0.15) is 4.36 Å². The van der Waals surface area contributed by atoms with Crippen molar-refractivity contribution in [3.63, 3.8) is 0 Å². The summed E-state index contributed by atoms with van der Waals surface area (Å²) in [6, 6.07) is 11.1. The van der Waals surface area contributed by atoms with Crippen LogP contribution in [0.5, 0.6) is 5.75 Å². The maximum absolute atomic E-state index is 13.8. The standard InChI is InChI=1S/C36H47ClN4O5S/c1-23-8-4-5-9-25-11-12-28(25)20-40-21-29-13-15-30(37)18-26(29)10-6-7-17-46-32-16-14-27(19-31(32)40)34(42)39-47(44)35(23)38-36(43)41-22-33(45-3)24(41)2/h4-5,13-16,18-19,23-25,28,33,35,47H,6-12,17,20-22H2,1-3H3,(H,38,43)/b5-4+/t23-,24-,25+,28-,33+,35?/m0/s1. The number of likely N-dealkylation sites (tertiary alicyclic amines) is 1. The number of hydrogen-bond acceptors (Lipinski definition) is 6. The quantitative estimate of drug-likeness (QED) is 0.272. The molecular weight excluding hydrogens is 636 g/mol. The molecule has 6 rings (SSSR count). The van der Waals surface area contributed by atoms with Gasteiger partial charge in [0.05, 0.1) is 41.6 Å². The predicted molar refractivity (Wildman–Crippen MR) is 187 cm³/mol. The second-order valence-electron chi connectivity index (χ2n) is 13.6. The molecule has 1 aliphatic carbocycles. The molecule has 3 amide bonds. The van der Waals surface area contributed by atoms with E-state index < -0.39 is 21.9 Å². The van der Waals surface area contributed by atoms with Crippen molar-refractivity contribution in [2.75, 3.05) is 31.7 Å². The molecule has 11 heteroatoms. The first-order chi connectivity index (χ1) is 22.7. The summed E-state index contributed by atoms with van der Waals surface area (Å²) in [5, 5.41) is 2.90. The number of ether oxygens (including phenoxy) is 2. The molecule has 4 aliphatic rings. The largest absolute Gasteiger partial charge is 0.491 e. The molecule has 1 saturated heterocycles. The number of anilines is 1. The van der Waals surface area contributed by atoms with Crippen LogP contribution in [0.3, 0.4) is 0 Å². The summed E-state index contributed by atoms with van der Waals surface area (Å²) < 4.78 is 29.8. The van der Waals surface area contributed by atoms with Gasteiger partial charge in [0.15, 0.2) is 0 Å². The molecular formula is C36H47ClN4O5S. The Morgan fingerprint density at radius 3 is 2.62 bits per heavy atom. The monoisotopic (exact) mass is 682 g/mol. The zero-order chi connectivity index (χ0) is 33.1. The number of hydrogen-bond donors (Lipinski definition) is 2. The Morgan fingerprint density at radius 2 is 1.85 bits per heavy atom. The number of thiol groups is 1. The molecule has 0 aromatic heterocycles. The van der Waals surface area contributed by atoms with Crippen molar-refractivity contribution in [1.82, 2.24) is 10.2 Å². The van der Waals surface area contributed by atoms with Gasteiger partial charge in [0.2, 0.25) is 0 Å². The van der Waals surface area contributed by atoms with Gasteiger partial charge in [-0.05, 0) is 111 Å². The number of nitrogens with one attached hydrogen (secondary N) is 1. The number of aryl methyl sites for hydroxylation is 1. The molecule has 3 aliphatic heterocycles. The maximum Gasteiger partial charge on any atom is 0.318 e. The van der Waals surface area contributed by atoms with Gasteiger partial charge >= 0.3 is 6.03 Å². The smallest absolute Gasteiger partial charge is 0.318 e. The van der Waals surface area contributed by atoms with Crippen LogP contribution in [0.1, 0.15) is 73.9 Å². The van der Waals surface area contributed by atoms with E-state index in [1.807, 2.05) is 32.0 Å². The lowest BCUT2D eigenvalue weighted by Gasteiger charge is -2.45. The van der Waals surface area contributed by atoms with Crippen LogP contribution < -0.4 is 15.0 Å². The van der Waals surface area contributed by atoms with E-state index in [-0.39, 0.29) is 24.1 Å². The molecule has 2 fully saturated rings. The summed E-state index contributed by atoms with van der Waals surface area (Å²) in [6.45, 7) is 6.41. The van der Waals surface area contributed by atoms with E-state index in [1.54, 1.807) is 18.1 Å². The third-order valence-electron chi connectivity index (χ3n) is 10.5. The van der Waals surface area contributed by atoms with Crippen LogP contribution in [0.2, 0.25) is 5.02 Å². The Kier molecular flexibility index (Phi) is 10.8. The van der Waals surface area contributed by atoms with Gasteiger partial charge < -0.3 is 24.6 Å². The molecule has 2 aromatic rings. The highest BCUT2D eigenvalue weighted by atomic mass is 35.5. The Bertz CT molecular complexity index is 1590. The zero-order valence-electron chi connectivity index (χ0n) is 27.6. The van der Waals surface area contributed by atoms with E-state index >= 15 is 0 Å². The van der Waals surface area contributed by atoms with Gasteiger partial charge in [-0.1, -0.05) is 36.7 Å². The first-order valence-corrected chi connectivity index (χ1v) is 18.6. The number of fused-ring (bicyclic) bond motifs is 3. The number of allylic oxidation sites excluding steroid dienone is 2. The third kappa shape index (κ3) is 7.65. The number of nitrogens with zero attached hydrogens (tertiary/aromatic N) is 3. The summed E-state index contributed by atoms with van der Waals surface area (Å²) in [6.07, 6.45) is 11.0. The Balaban J connectivity index is 1.36. The lowest BCUT2D eigenvalue weighted by molar-refractivity contribution is -0.0522. The average molecular weight is 683 g/mol. The van der Waals surface area contributed by atoms with Crippen LogP contribution in [-0.2, 0) is 28.3 Å². The number of carbonyl (C=O) groups is 2. The van der Waals surface area contributed by atoms with Crippen LogP contribution in [0.25, 0.3) is 0 Å². The predicted octanol–water partition coefficient (Wildman–Crippen LogP) is 6.63. The minimum absolute atomic E-state index is 0.0288. The second kappa shape index (κ2) is 15.0. The average Bonchev–Trinajstić information content (AvgIpc) is 3.07. The fourth-order valence-corrected chi connectivity index (χ4v) is 8.58. The number of amides is 3. The Morgan fingerprint density at radius 1 is 1.04 bits per heavy atom. The lowest BCUT2D eigenvalue weighted by atomic mass is 9.71. The SMILES string of the molecule is CO[C@@H]1CN(C(=O)NC2[C@@H](C)C/C=C/C[C@@H]3CC[C@H]3CN3Cc4ccc(Cl)cc4CCCCOc4ccc(cc43)C(=O)/N=[SH]\2=O)[C@H]1C. The highest BCUT2D eigenvalue weighted by Crippen LogP contribution is 2.41. The summed E-state index contributed by atoms with van der Waals surface area (Å²) in [4.78, 5) is 31.0. The number of methoxy groups -OCH3 is 1. The van der Waals surface area contributed by atoms with E-state index in [0.717, 1.165) is 55.1 Å². The Hall–Kier alpha value is -3.08. The van der Waals surface area contributed by atoms with Gasteiger partial charge in [0, 0.05) is 30.8 Å². The summed E-state index contributed by atoms with van der Waals surface area (Å²) in [5.74, 6) is 1.02. The van der Waals surface area contributed by atoms with Crippen LogP contribution in [0.4, 0.5) is 10.5 Å². The van der Waals surface area contributed by atoms with Crippen LogP contribution in [0.15, 0.2) is 52.9 Å². The van der Waals surface area contributed by atoms with Gasteiger partial charge in [-0.15, -0.1) is 0 Å². The highest BCUT2D eigenvalue weighted by Gasteiger charge is 2.40. The van der Waals surface area contributed by atoms with Crippen LogP contribution in [-0.4, -0.2) is 65.4 Å². The fraction of sp³-hybridized carbons (Fsp3) is 0.556. The van der Waals surface area contributed by atoms with Crippen molar-refractivity contribution in [3.05, 3.63) is 70.3 Å². The van der Waals surface area contributed by atoms with E-state index in [4.69, 9.17) is 21.1 Å². The zero-order valence-corrected chi connectivity index (χ0v) is 29.2. The first-order valence-electron chi connectivity index (χ1n) is 17.0. The van der Waals surface area contributed by atoms with Crippen LogP contribution in [0, 0.1) is 17.8 Å². The number of urea groups is 1. The molecule has 2 unspecified atom stereocenters. The number of carbonyl (C=O) groups excluding carboxylic acids is 2. The number of halogens is 1. The molecule has 7 atom stereocenters. The topological polar surface area (TPSA) is 101 Å². The highest BCUT2D eigenvalue weighted by molar-refractivity contribution is 7.76. The molecule has 2 bridgehead atoms. The van der Waals surface area contributed by atoms with Crippen molar-refractivity contribution < 1.29 is 23.3 Å². The molecule has 254 valence electrons. The summed E-state index contributed by atoms with van der Waals surface area (Å²) >= 11 is 6.43. The summed E-state index contributed by atoms with van der Waals surface area (Å²) in [5.41, 5.74) is 3.65. The molecule has 1 N–H and O–H groups in total. The number of benzene rings is 2. The minimum Gasteiger partial charge on any atom is -0.491 e. The van der Waals surface area contributed by atoms with Crippen molar-refractivity contribution in [3.8, 4) is 5.75 Å². The maximum atomic E-state index is 13.8. The van der Waals surface area contributed by atoms with Crippen LogP contribution >= 0.6 is 11.6 Å². The molecule has 9 nitrogen and oxygen atoms in total. The van der Waals surface area contributed by atoms with Gasteiger partial charge in [0.1, 0.15) is 11.1 Å². The first kappa shape index (κ1) is 33.8. The van der Waals surface area contributed by atoms with Crippen molar-refractivity contribution >= 4 is 39.8 Å².